The van der Waals surface area contributed by atoms with Crippen LogP contribution in [-0.4, -0.2) is 11.1 Å². The molecule has 1 aromatic heterocycles. The number of carbonyl (C=O) groups is 1. The second kappa shape index (κ2) is 3.74. The van der Waals surface area contributed by atoms with Crippen LogP contribution < -0.4 is 5.73 Å². The van der Waals surface area contributed by atoms with Gasteiger partial charge in [0.25, 0.3) is 0 Å². The smallest absolute Gasteiger partial charge is 0.346 e. The van der Waals surface area contributed by atoms with E-state index in [1.54, 1.807) is 23.6 Å². The Hall–Kier alpha value is -1.81. The Morgan fingerprint density at radius 1 is 1.20 bits per heavy atom. The van der Waals surface area contributed by atoms with Gasteiger partial charge in [-0.25, -0.2) is 4.79 Å². The number of thiophene rings is 1. The number of hydrogen-bond acceptors (Lipinski definition) is 3. The molecular formula is C11H9NO2S. The Morgan fingerprint density at radius 2 is 1.87 bits per heavy atom. The van der Waals surface area contributed by atoms with Crippen LogP contribution in [0.5, 0.6) is 0 Å². The minimum atomic E-state index is -0.892. The van der Waals surface area contributed by atoms with Crippen molar-refractivity contribution in [3.05, 3.63) is 40.6 Å². The maximum Gasteiger partial charge on any atom is 0.346 e. The molecule has 4 heteroatoms. The van der Waals surface area contributed by atoms with Crippen LogP contribution in [0.4, 0.5) is 5.69 Å². The summed E-state index contributed by atoms with van der Waals surface area (Å²) in [7, 11) is 0. The van der Waals surface area contributed by atoms with E-state index in [9.17, 15) is 4.79 Å². The fraction of sp³-hybridized carbons (Fsp3) is 0. The van der Waals surface area contributed by atoms with Gasteiger partial charge in [-0.05, 0) is 29.1 Å². The van der Waals surface area contributed by atoms with E-state index in [-0.39, 0.29) is 0 Å². The van der Waals surface area contributed by atoms with Gasteiger partial charge in [0.1, 0.15) is 4.88 Å². The van der Waals surface area contributed by atoms with Crippen LogP contribution in [0.2, 0.25) is 0 Å². The van der Waals surface area contributed by atoms with Gasteiger partial charge in [-0.3, -0.25) is 0 Å². The van der Waals surface area contributed by atoms with E-state index in [1.807, 2.05) is 12.1 Å². The monoisotopic (exact) mass is 219 g/mol. The molecule has 1 heterocycles. The quantitative estimate of drug-likeness (QED) is 0.763. The topological polar surface area (TPSA) is 63.3 Å². The third-order valence-electron chi connectivity index (χ3n) is 2.08. The largest absolute Gasteiger partial charge is 0.477 e. The van der Waals surface area contributed by atoms with Crippen LogP contribution in [0, 0.1) is 0 Å². The van der Waals surface area contributed by atoms with Crippen molar-refractivity contribution in [2.24, 2.45) is 0 Å². The first kappa shape index (κ1) is 9.73. The number of hydrogen-bond donors (Lipinski definition) is 2. The van der Waals surface area contributed by atoms with Crippen molar-refractivity contribution in [2.75, 3.05) is 5.73 Å². The maximum atomic E-state index is 10.9. The molecular weight excluding hydrogens is 210 g/mol. The first-order chi connectivity index (χ1) is 7.18. The molecule has 0 aliphatic rings. The summed E-state index contributed by atoms with van der Waals surface area (Å²) in [5.41, 5.74) is 7.86. The normalized spacial score (nSPS) is 10.1. The number of benzene rings is 1. The Balaban J connectivity index is 2.49. The Kier molecular flexibility index (Phi) is 2.43. The molecule has 15 heavy (non-hydrogen) atoms. The van der Waals surface area contributed by atoms with Crippen LogP contribution >= 0.6 is 11.3 Å². The van der Waals surface area contributed by atoms with Gasteiger partial charge < -0.3 is 10.8 Å². The molecule has 0 amide bonds. The zero-order chi connectivity index (χ0) is 10.8. The third-order valence-corrected chi connectivity index (χ3v) is 2.98. The van der Waals surface area contributed by atoms with Gasteiger partial charge in [-0.15, -0.1) is 11.3 Å². The molecule has 0 fully saturated rings. The summed E-state index contributed by atoms with van der Waals surface area (Å²) < 4.78 is 0. The van der Waals surface area contributed by atoms with E-state index in [0.717, 1.165) is 11.1 Å². The molecule has 0 saturated carbocycles. The second-order valence-corrected chi connectivity index (χ2v) is 4.01. The summed E-state index contributed by atoms with van der Waals surface area (Å²) >= 11 is 1.23. The first-order valence-corrected chi connectivity index (χ1v) is 5.23. The van der Waals surface area contributed by atoms with Crippen molar-refractivity contribution in [3.8, 4) is 11.1 Å². The number of aromatic carboxylic acids is 1. The van der Waals surface area contributed by atoms with Crippen LogP contribution in [-0.2, 0) is 0 Å². The highest BCUT2D eigenvalue weighted by atomic mass is 32.1. The summed E-state index contributed by atoms with van der Waals surface area (Å²) in [4.78, 5) is 11.3. The summed E-state index contributed by atoms with van der Waals surface area (Å²) in [6.45, 7) is 0. The number of nitrogens with two attached hydrogens (primary N) is 1. The Bertz CT molecular complexity index is 488. The molecule has 76 valence electrons. The van der Waals surface area contributed by atoms with Gasteiger partial charge >= 0.3 is 5.97 Å². The zero-order valence-corrected chi connectivity index (χ0v) is 8.62. The van der Waals surface area contributed by atoms with Crippen molar-refractivity contribution in [3.63, 3.8) is 0 Å². The van der Waals surface area contributed by atoms with E-state index in [0.29, 0.717) is 10.6 Å². The van der Waals surface area contributed by atoms with Gasteiger partial charge in [0.05, 0.1) is 0 Å². The molecule has 2 aromatic rings. The molecule has 0 saturated heterocycles. The van der Waals surface area contributed by atoms with Gasteiger partial charge in [-0.2, -0.15) is 0 Å². The van der Waals surface area contributed by atoms with Crippen LogP contribution in [0.15, 0.2) is 35.7 Å². The molecule has 0 radical (unpaired) electrons. The fourth-order valence-corrected chi connectivity index (χ4v) is 2.12. The fourth-order valence-electron chi connectivity index (χ4n) is 1.36. The molecule has 1 aromatic carbocycles. The minimum absolute atomic E-state index is 0.361. The highest BCUT2D eigenvalue weighted by molar-refractivity contribution is 7.12. The van der Waals surface area contributed by atoms with Crippen molar-refractivity contribution >= 4 is 23.0 Å². The average Bonchev–Trinajstić information content (AvgIpc) is 2.67. The molecule has 0 unspecified atom stereocenters. The predicted molar refractivity (Wildman–Crippen MR) is 61.1 cm³/mol. The minimum Gasteiger partial charge on any atom is -0.477 e. The van der Waals surface area contributed by atoms with Crippen molar-refractivity contribution < 1.29 is 9.90 Å². The van der Waals surface area contributed by atoms with E-state index in [2.05, 4.69) is 0 Å². The molecule has 0 bridgehead atoms. The Labute approximate surface area is 90.8 Å². The third kappa shape index (κ3) is 1.85. The number of nitrogen functional groups attached to an aromatic ring is 1. The number of carboxylic acids is 1. The molecule has 3 nitrogen and oxygen atoms in total. The molecule has 0 aliphatic heterocycles. The summed E-state index contributed by atoms with van der Waals surface area (Å²) in [5.74, 6) is -0.892. The number of anilines is 1. The highest BCUT2D eigenvalue weighted by Crippen LogP contribution is 2.28. The van der Waals surface area contributed by atoms with E-state index < -0.39 is 5.97 Å². The Morgan fingerprint density at radius 3 is 2.47 bits per heavy atom. The van der Waals surface area contributed by atoms with Crippen LogP contribution in [0.25, 0.3) is 11.1 Å². The van der Waals surface area contributed by atoms with E-state index in [1.165, 1.54) is 11.3 Å². The predicted octanol–water partition coefficient (Wildman–Crippen LogP) is 2.70. The van der Waals surface area contributed by atoms with Crippen molar-refractivity contribution in [2.45, 2.75) is 0 Å². The van der Waals surface area contributed by atoms with Crippen molar-refractivity contribution in [1.82, 2.24) is 0 Å². The molecule has 0 aliphatic carbocycles. The average molecular weight is 219 g/mol. The first-order valence-electron chi connectivity index (χ1n) is 4.35. The van der Waals surface area contributed by atoms with E-state index in [4.69, 9.17) is 10.8 Å². The van der Waals surface area contributed by atoms with Gasteiger partial charge in [0.2, 0.25) is 0 Å². The molecule has 0 atom stereocenters. The summed E-state index contributed by atoms with van der Waals surface area (Å²) in [6.07, 6.45) is 0. The maximum absolute atomic E-state index is 10.9. The lowest BCUT2D eigenvalue weighted by Gasteiger charge is -2.00. The molecule has 2 rings (SSSR count). The lowest BCUT2D eigenvalue weighted by Crippen LogP contribution is -1.94. The summed E-state index contributed by atoms with van der Waals surface area (Å²) in [5, 5.41) is 10.7. The van der Waals surface area contributed by atoms with E-state index >= 15 is 0 Å². The van der Waals surface area contributed by atoms with Gasteiger partial charge in [0.15, 0.2) is 0 Å². The van der Waals surface area contributed by atoms with Crippen LogP contribution in [0.3, 0.4) is 0 Å². The van der Waals surface area contributed by atoms with Crippen molar-refractivity contribution in [1.29, 1.82) is 0 Å². The standard InChI is InChI=1S/C11H9NO2S/c12-8-3-1-7(2-4-8)9-5-6-15-10(9)11(13)14/h1-6H,12H2,(H,13,14). The lowest BCUT2D eigenvalue weighted by molar-refractivity contribution is 0.0703. The molecule has 3 N–H and O–H groups in total. The lowest BCUT2D eigenvalue weighted by atomic mass is 10.1. The van der Waals surface area contributed by atoms with Crippen LogP contribution in [0.1, 0.15) is 9.67 Å². The second-order valence-electron chi connectivity index (χ2n) is 3.09. The molecule has 0 spiro atoms. The van der Waals surface area contributed by atoms with Gasteiger partial charge in [-0.1, -0.05) is 12.1 Å². The number of carboxylic acid groups (broad SMARTS) is 1. The SMILES string of the molecule is Nc1ccc(-c2ccsc2C(=O)O)cc1. The summed E-state index contributed by atoms with van der Waals surface area (Å²) in [6, 6.07) is 8.98. The highest BCUT2D eigenvalue weighted by Gasteiger charge is 2.12. The zero-order valence-electron chi connectivity index (χ0n) is 7.81. The van der Waals surface area contributed by atoms with Gasteiger partial charge in [0, 0.05) is 11.3 Å². The number of rotatable bonds is 2.